The van der Waals surface area contributed by atoms with Crippen molar-refractivity contribution in [2.75, 3.05) is 29.5 Å². The van der Waals surface area contributed by atoms with Crippen LogP contribution in [0.2, 0.25) is 0 Å². The number of carbonyl (C=O) groups is 4. The first-order valence-electron chi connectivity index (χ1n) is 18.8. The minimum absolute atomic E-state index is 0.00870. The van der Waals surface area contributed by atoms with E-state index >= 15 is 0 Å². The molecule has 6 amide bonds. The molecule has 0 unspecified atom stereocenters. The van der Waals surface area contributed by atoms with Gasteiger partial charge in [0.05, 0.1) is 17.0 Å². The molecule has 17 heteroatoms. The maximum Gasteiger partial charge on any atom is 0.333 e. The van der Waals surface area contributed by atoms with E-state index in [1.165, 1.54) is 34.3 Å². The number of amides is 6. The van der Waals surface area contributed by atoms with Gasteiger partial charge in [0.25, 0.3) is 10.0 Å². The van der Waals surface area contributed by atoms with Crippen LogP contribution in [0.4, 0.5) is 21.0 Å². The molecule has 0 aromatic heterocycles. The van der Waals surface area contributed by atoms with Crippen LogP contribution in [-0.4, -0.2) is 73.5 Å². The lowest BCUT2D eigenvalue weighted by Gasteiger charge is -2.17. The van der Waals surface area contributed by atoms with Gasteiger partial charge >= 0.3 is 12.1 Å². The van der Waals surface area contributed by atoms with Gasteiger partial charge in [-0.05, 0) is 105 Å². The van der Waals surface area contributed by atoms with E-state index < -0.39 is 16.1 Å². The van der Waals surface area contributed by atoms with Crippen LogP contribution >= 0.6 is 11.8 Å². The molecule has 15 nitrogen and oxygen atoms in total. The average molecular weight is 782 g/mol. The molecule has 0 bridgehead atoms. The van der Waals surface area contributed by atoms with Gasteiger partial charge in [-0.15, -0.1) is 0 Å². The number of sulfonamides is 1. The number of fused-ring (bicyclic) bond motifs is 3. The molecule has 6 rings (SSSR count). The Hall–Kier alpha value is -4.48. The molecule has 0 radical (unpaired) electrons. The van der Waals surface area contributed by atoms with E-state index in [9.17, 15) is 27.6 Å². The normalized spacial score (nSPS) is 20.0. The van der Waals surface area contributed by atoms with Crippen LogP contribution in [0.15, 0.2) is 47.1 Å². The Morgan fingerprint density at radius 1 is 0.926 bits per heavy atom. The van der Waals surface area contributed by atoms with Crippen molar-refractivity contribution in [1.29, 1.82) is 0 Å². The molecule has 292 valence electrons. The van der Waals surface area contributed by atoms with Gasteiger partial charge in [0.1, 0.15) is 0 Å². The van der Waals surface area contributed by atoms with Gasteiger partial charge in [0.15, 0.2) is 0 Å². The first-order chi connectivity index (χ1) is 25.9. The molecule has 2 saturated heterocycles. The minimum Gasteiger partial charge on any atom is -0.401 e. The van der Waals surface area contributed by atoms with Crippen LogP contribution in [0.5, 0.6) is 0 Å². The van der Waals surface area contributed by atoms with Crippen molar-refractivity contribution < 1.29 is 27.6 Å². The fraction of sp³-hybridized carbons (Fsp3) is 0.514. The summed E-state index contributed by atoms with van der Waals surface area (Å²) >= 11 is 1.87. The van der Waals surface area contributed by atoms with Crippen LogP contribution in [0.3, 0.4) is 0 Å². The fourth-order valence-electron chi connectivity index (χ4n) is 7.70. The minimum atomic E-state index is -4.23. The van der Waals surface area contributed by atoms with E-state index in [4.69, 9.17) is 11.6 Å². The number of rotatable bonds is 17. The summed E-state index contributed by atoms with van der Waals surface area (Å²) in [5.74, 6) is 6.59. The van der Waals surface area contributed by atoms with E-state index in [-0.39, 0.29) is 53.4 Å². The van der Waals surface area contributed by atoms with Crippen molar-refractivity contribution in [3.8, 4) is 0 Å². The zero-order chi connectivity index (χ0) is 38.2. The van der Waals surface area contributed by atoms with Crippen molar-refractivity contribution >= 4 is 57.0 Å². The monoisotopic (exact) mass is 781 g/mol. The summed E-state index contributed by atoms with van der Waals surface area (Å²) in [4.78, 5) is 49.3. The number of nitrogens with zero attached hydrogens (tertiary/aromatic N) is 1. The van der Waals surface area contributed by atoms with Crippen LogP contribution in [0.25, 0.3) is 0 Å². The topological polar surface area (TPSA) is 230 Å². The number of benzene rings is 2. The van der Waals surface area contributed by atoms with E-state index in [1.54, 1.807) is 12.3 Å². The summed E-state index contributed by atoms with van der Waals surface area (Å²) in [7, 11) is -4.23. The van der Waals surface area contributed by atoms with Gasteiger partial charge in [-0.2, -0.15) is 11.8 Å². The first kappa shape index (κ1) is 39.2. The largest absolute Gasteiger partial charge is 0.401 e. The SMILES string of the molecule is N/C(=C\N(N)CCCNC(=O)CCCC[C@@H]1SC[C@@H]2NC(=O)N[C@@H]21)CCC(=O)Nc1cccc(S(=O)(=O)NC(=O)Nc2c3c(cc4c2CCC4)CCC3)c1. The lowest BCUT2D eigenvalue weighted by molar-refractivity contribution is -0.121. The first-order valence-corrected chi connectivity index (χ1v) is 21.3. The zero-order valence-corrected chi connectivity index (χ0v) is 32.0. The van der Waals surface area contributed by atoms with Crippen molar-refractivity contribution in [3.63, 3.8) is 0 Å². The van der Waals surface area contributed by atoms with Crippen molar-refractivity contribution in [2.24, 2.45) is 11.6 Å². The average Bonchev–Trinajstić information content (AvgIpc) is 3.93. The van der Waals surface area contributed by atoms with Crippen LogP contribution in [-0.2, 0) is 45.3 Å². The summed E-state index contributed by atoms with van der Waals surface area (Å²) in [6.07, 6.45) is 11.2. The highest BCUT2D eigenvalue weighted by atomic mass is 32.2. The maximum absolute atomic E-state index is 13.2. The number of hydrogen-bond donors (Lipinski definition) is 8. The number of carbonyl (C=O) groups excluding carboxylic acids is 4. The second-order valence-electron chi connectivity index (χ2n) is 14.4. The molecule has 0 saturated carbocycles. The highest BCUT2D eigenvalue weighted by Crippen LogP contribution is 2.38. The van der Waals surface area contributed by atoms with E-state index in [0.29, 0.717) is 36.9 Å². The lowest BCUT2D eigenvalue weighted by atomic mass is 9.99. The Morgan fingerprint density at radius 3 is 2.44 bits per heavy atom. The number of nitrogens with one attached hydrogen (secondary N) is 6. The molecular weight excluding hydrogens is 731 g/mol. The Labute approximate surface area is 320 Å². The van der Waals surface area contributed by atoms with Crippen molar-refractivity contribution in [1.82, 2.24) is 25.7 Å². The molecule has 54 heavy (non-hydrogen) atoms. The second-order valence-corrected chi connectivity index (χ2v) is 17.3. The number of aryl methyl sites for hydroxylation is 2. The highest BCUT2D eigenvalue weighted by molar-refractivity contribution is 8.00. The third-order valence-corrected chi connectivity index (χ3v) is 13.2. The summed E-state index contributed by atoms with van der Waals surface area (Å²) in [6, 6.07) is 7.42. The lowest BCUT2D eigenvalue weighted by Crippen LogP contribution is -2.36. The number of nitrogens with two attached hydrogens (primary N) is 2. The molecule has 2 aromatic rings. The number of thioether (sulfide) groups is 1. The smallest absolute Gasteiger partial charge is 0.333 e. The number of urea groups is 2. The zero-order valence-electron chi connectivity index (χ0n) is 30.4. The third-order valence-electron chi connectivity index (χ3n) is 10.3. The Bertz CT molecular complexity index is 1860. The number of hydrazine groups is 1. The van der Waals surface area contributed by atoms with Gasteiger partial charge in [0, 0.05) is 60.2 Å². The molecule has 0 spiro atoms. The summed E-state index contributed by atoms with van der Waals surface area (Å²) in [5.41, 5.74) is 12.1. The van der Waals surface area contributed by atoms with Gasteiger partial charge in [-0.1, -0.05) is 18.6 Å². The van der Waals surface area contributed by atoms with Crippen molar-refractivity contribution in [2.45, 2.75) is 106 Å². The van der Waals surface area contributed by atoms with Crippen LogP contribution < -0.4 is 42.9 Å². The third kappa shape index (κ3) is 10.2. The highest BCUT2D eigenvalue weighted by Gasteiger charge is 2.42. The number of hydrogen-bond acceptors (Lipinski definition) is 10. The van der Waals surface area contributed by atoms with Crippen LogP contribution in [0.1, 0.15) is 80.0 Å². The molecule has 2 aromatic carbocycles. The Morgan fingerprint density at radius 2 is 1.69 bits per heavy atom. The number of unbranched alkanes of at least 4 members (excludes halogenated alkanes) is 1. The van der Waals surface area contributed by atoms with Gasteiger partial charge in [0.2, 0.25) is 11.8 Å². The quantitative estimate of drug-likeness (QED) is 0.0506. The molecule has 10 N–H and O–H groups in total. The summed E-state index contributed by atoms with van der Waals surface area (Å²) in [5, 5.41) is 16.2. The molecule has 2 fully saturated rings. The van der Waals surface area contributed by atoms with E-state index in [2.05, 4.69) is 37.4 Å². The van der Waals surface area contributed by atoms with E-state index in [1.807, 2.05) is 11.8 Å². The number of allylic oxidation sites excluding steroid dienone is 1. The standard InChI is InChI=1S/C37H51N9O6S2/c38-25(21-46(39)18-6-17-40-32(47)14-2-1-13-31-35-30(22-53-31)42-36(49)44-35)15-16-33(48)41-26-9-5-10-27(20-26)54(51,52)45-37(50)43-34-28-11-3-7-23(28)19-24-8-4-12-29(24)34/h5,9-10,19-21,30-31,35H,1-4,6-8,11-18,22,38-39H2,(H,40,47)(H,41,48)(H2,42,44,49)(H2,43,45,50)/b25-21-/t30-,31-,35-/m0/s1. The van der Waals surface area contributed by atoms with Gasteiger partial charge in [-0.3, -0.25) is 9.59 Å². The molecule has 3 atom stereocenters. The Kier molecular flexibility index (Phi) is 12.9. The molecule has 2 aliphatic carbocycles. The molecular formula is C37H51N9O6S2. The summed E-state index contributed by atoms with van der Waals surface area (Å²) < 4.78 is 28.4. The van der Waals surface area contributed by atoms with Crippen LogP contribution in [0, 0.1) is 0 Å². The predicted octanol–water partition coefficient (Wildman–Crippen LogP) is 3.10. The molecule has 4 aliphatic rings. The summed E-state index contributed by atoms with van der Waals surface area (Å²) in [6.45, 7) is 0.908. The molecule has 2 heterocycles. The fourth-order valence-corrected chi connectivity index (χ4v) is 10.2. The molecule has 2 aliphatic heterocycles. The second kappa shape index (κ2) is 17.8. The van der Waals surface area contributed by atoms with Crippen molar-refractivity contribution in [3.05, 3.63) is 64.5 Å². The van der Waals surface area contributed by atoms with Gasteiger partial charge < -0.3 is 37.3 Å². The van der Waals surface area contributed by atoms with E-state index in [0.717, 1.165) is 80.4 Å². The Balaban J connectivity index is 0.866. The number of anilines is 2. The van der Waals surface area contributed by atoms with Gasteiger partial charge in [-0.25, -0.2) is 28.6 Å². The maximum atomic E-state index is 13.2. The predicted molar refractivity (Wildman–Crippen MR) is 209 cm³/mol.